The highest BCUT2D eigenvalue weighted by molar-refractivity contribution is 5.85. The van der Waals surface area contributed by atoms with Crippen molar-refractivity contribution >= 4 is 18.3 Å². The van der Waals surface area contributed by atoms with E-state index in [1.165, 1.54) is 25.7 Å². The van der Waals surface area contributed by atoms with Crippen molar-refractivity contribution in [3.8, 4) is 0 Å². The molecule has 2 fully saturated rings. The molecule has 0 bridgehead atoms. The van der Waals surface area contributed by atoms with Crippen LogP contribution in [0.4, 0.5) is 0 Å². The summed E-state index contributed by atoms with van der Waals surface area (Å²) in [4.78, 5) is 11.8. The largest absolute Gasteiger partial charge is 0.375 e. The zero-order valence-corrected chi connectivity index (χ0v) is 12.6. The molecule has 0 aromatic carbocycles. The third-order valence-corrected chi connectivity index (χ3v) is 4.14. The molecule has 1 saturated heterocycles. The van der Waals surface area contributed by atoms with Crippen LogP contribution in [0.25, 0.3) is 0 Å². The molecule has 4 nitrogen and oxygen atoms in total. The molecule has 2 rings (SSSR count). The quantitative estimate of drug-likeness (QED) is 0.829. The first kappa shape index (κ1) is 16.7. The Balaban J connectivity index is 0.00000180. The van der Waals surface area contributed by atoms with Crippen LogP contribution in [0.3, 0.4) is 0 Å². The van der Waals surface area contributed by atoms with E-state index in [1.807, 2.05) is 0 Å². The molecular weight excluding hydrogens is 264 g/mol. The Hall–Kier alpha value is -0.320. The molecule has 1 unspecified atom stereocenters. The van der Waals surface area contributed by atoms with E-state index in [4.69, 9.17) is 4.74 Å². The second kappa shape index (κ2) is 8.77. The molecule has 1 saturated carbocycles. The first-order chi connectivity index (χ1) is 8.74. The van der Waals surface area contributed by atoms with E-state index in [0.29, 0.717) is 12.3 Å². The van der Waals surface area contributed by atoms with Crippen molar-refractivity contribution in [2.24, 2.45) is 11.8 Å². The average molecular weight is 291 g/mol. The molecule has 1 heterocycles. The minimum Gasteiger partial charge on any atom is -0.375 e. The summed E-state index contributed by atoms with van der Waals surface area (Å²) >= 11 is 0. The minimum absolute atomic E-state index is 0. The second-order valence-corrected chi connectivity index (χ2v) is 5.83. The molecule has 2 N–H and O–H groups in total. The molecule has 5 heteroatoms. The Morgan fingerprint density at radius 1 is 1.32 bits per heavy atom. The maximum atomic E-state index is 11.8. The number of carbonyl (C=O) groups excluding carboxylic acids is 1. The molecule has 0 spiro atoms. The van der Waals surface area contributed by atoms with Crippen LogP contribution in [0, 0.1) is 11.8 Å². The lowest BCUT2D eigenvalue weighted by atomic mass is 9.83. The number of hydrogen-bond acceptors (Lipinski definition) is 3. The number of rotatable bonds is 4. The highest BCUT2D eigenvalue weighted by atomic mass is 35.5. The van der Waals surface area contributed by atoms with Crippen molar-refractivity contribution in [1.29, 1.82) is 0 Å². The zero-order valence-electron chi connectivity index (χ0n) is 11.8. The number of hydrogen-bond donors (Lipinski definition) is 2. The summed E-state index contributed by atoms with van der Waals surface area (Å²) in [5.74, 6) is 1.71. The average Bonchev–Trinajstić information content (AvgIpc) is 2.39. The van der Waals surface area contributed by atoms with Crippen LogP contribution in [0.15, 0.2) is 0 Å². The fourth-order valence-corrected chi connectivity index (χ4v) is 2.82. The Morgan fingerprint density at radius 2 is 2.05 bits per heavy atom. The minimum atomic E-state index is 0. The molecule has 112 valence electrons. The van der Waals surface area contributed by atoms with Crippen molar-refractivity contribution < 1.29 is 9.53 Å². The van der Waals surface area contributed by atoms with Gasteiger partial charge in [-0.1, -0.05) is 19.8 Å². The monoisotopic (exact) mass is 290 g/mol. The third kappa shape index (κ3) is 6.11. The molecule has 2 aliphatic rings. The number of ether oxygens (including phenoxy) is 1. The van der Waals surface area contributed by atoms with E-state index in [2.05, 4.69) is 17.6 Å². The SMILES string of the molecule is CC1CCC(CNC(=O)CC2CNCCO2)CC1.Cl. The fraction of sp³-hybridized carbons (Fsp3) is 0.929. The van der Waals surface area contributed by atoms with Gasteiger partial charge in [-0.2, -0.15) is 0 Å². The van der Waals surface area contributed by atoms with Gasteiger partial charge in [-0.15, -0.1) is 12.4 Å². The highest BCUT2D eigenvalue weighted by Crippen LogP contribution is 2.27. The van der Waals surface area contributed by atoms with Crippen LogP contribution >= 0.6 is 12.4 Å². The Morgan fingerprint density at radius 3 is 2.68 bits per heavy atom. The van der Waals surface area contributed by atoms with Crippen molar-refractivity contribution in [1.82, 2.24) is 10.6 Å². The number of halogens is 1. The standard InChI is InChI=1S/C14H26N2O2.ClH/c1-11-2-4-12(5-3-11)9-16-14(17)8-13-10-15-6-7-18-13;/h11-13,15H,2-10H2,1H3,(H,16,17);1H. The Bertz CT molecular complexity index is 262. The van der Waals surface area contributed by atoms with Gasteiger partial charge < -0.3 is 15.4 Å². The van der Waals surface area contributed by atoms with E-state index < -0.39 is 0 Å². The summed E-state index contributed by atoms with van der Waals surface area (Å²) in [6, 6.07) is 0. The van der Waals surface area contributed by atoms with Gasteiger partial charge in [0.05, 0.1) is 19.1 Å². The van der Waals surface area contributed by atoms with Gasteiger partial charge in [-0.05, 0) is 24.7 Å². The molecule has 0 radical (unpaired) electrons. The van der Waals surface area contributed by atoms with Gasteiger partial charge in [-0.25, -0.2) is 0 Å². The van der Waals surface area contributed by atoms with E-state index in [9.17, 15) is 4.79 Å². The smallest absolute Gasteiger partial charge is 0.222 e. The summed E-state index contributed by atoms with van der Waals surface area (Å²) in [7, 11) is 0. The van der Waals surface area contributed by atoms with Gasteiger partial charge in [-0.3, -0.25) is 4.79 Å². The van der Waals surface area contributed by atoms with Gasteiger partial charge in [0.25, 0.3) is 0 Å². The summed E-state index contributed by atoms with van der Waals surface area (Å²) in [6.45, 7) is 5.60. The van der Waals surface area contributed by atoms with Gasteiger partial charge in [0.15, 0.2) is 0 Å². The lowest BCUT2D eigenvalue weighted by Gasteiger charge is -2.27. The van der Waals surface area contributed by atoms with Gasteiger partial charge in [0.2, 0.25) is 5.91 Å². The normalized spacial score (nSPS) is 31.3. The molecule has 0 aromatic rings. The van der Waals surface area contributed by atoms with E-state index in [-0.39, 0.29) is 24.4 Å². The van der Waals surface area contributed by atoms with Crippen molar-refractivity contribution in [3.05, 3.63) is 0 Å². The van der Waals surface area contributed by atoms with E-state index in [1.54, 1.807) is 0 Å². The number of morpholine rings is 1. The second-order valence-electron chi connectivity index (χ2n) is 5.83. The molecule has 1 aliphatic carbocycles. The van der Waals surface area contributed by atoms with E-state index >= 15 is 0 Å². The molecule has 1 aliphatic heterocycles. The molecule has 0 aromatic heterocycles. The maximum Gasteiger partial charge on any atom is 0.222 e. The zero-order chi connectivity index (χ0) is 12.8. The number of amides is 1. The molecular formula is C14H27ClN2O2. The lowest BCUT2D eigenvalue weighted by Crippen LogP contribution is -2.42. The van der Waals surface area contributed by atoms with Crippen molar-refractivity contribution in [2.75, 3.05) is 26.2 Å². The summed E-state index contributed by atoms with van der Waals surface area (Å²) in [5, 5.41) is 6.31. The maximum absolute atomic E-state index is 11.8. The van der Waals surface area contributed by atoms with Gasteiger partial charge in [0.1, 0.15) is 0 Å². The Kier molecular flexibility index (Phi) is 7.73. The first-order valence-corrected chi connectivity index (χ1v) is 7.33. The predicted molar refractivity (Wildman–Crippen MR) is 78.6 cm³/mol. The summed E-state index contributed by atoms with van der Waals surface area (Å²) in [5.41, 5.74) is 0. The van der Waals surface area contributed by atoms with Crippen LogP contribution in [-0.4, -0.2) is 38.3 Å². The Labute approximate surface area is 122 Å². The summed E-state index contributed by atoms with van der Waals surface area (Å²) in [6.07, 6.45) is 5.72. The van der Waals surface area contributed by atoms with Crippen LogP contribution < -0.4 is 10.6 Å². The van der Waals surface area contributed by atoms with Crippen LogP contribution in [0.2, 0.25) is 0 Å². The highest BCUT2D eigenvalue weighted by Gasteiger charge is 2.20. The molecule has 1 amide bonds. The first-order valence-electron chi connectivity index (χ1n) is 7.33. The van der Waals surface area contributed by atoms with Gasteiger partial charge in [0, 0.05) is 19.6 Å². The topological polar surface area (TPSA) is 50.4 Å². The van der Waals surface area contributed by atoms with E-state index in [0.717, 1.165) is 32.2 Å². The molecule has 19 heavy (non-hydrogen) atoms. The summed E-state index contributed by atoms with van der Waals surface area (Å²) < 4.78 is 5.53. The lowest BCUT2D eigenvalue weighted by molar-refractivity contribution is -0.124. The van der Waals surface area contributed by atoms with Crippen LogP contribution in [-0.2, 0) is 9.53 Å². The fourth-order valence-electron chi connectivity index (χ4n) is 2.82. The van der Waals surface area contributed by atoms with Crippen molar-refractivity contribution in [3.63, 3.8) is 0 Å². The van der Waals surface area contributed by atoms with Crippen LogP contribution in [0.1, 0.15) is 39.0 Å². The van der Waals surface area contributed by atoms with Crippen molar-refractivity contribution in [2.45, 2.75) is 45.1 Å². The van der Waals surface area contributed by atoms with Gasteiger partial charge >= 0.3 is 0 Å². The predicted octanol–water partition coefficient (Wildman–Crippen LogP) is 1.73. The molecule has 1 atom stereocenters. The number of nitrogens with one attached hydrogen (secondary N) is 2. The van der Waals surface area contributed by atoms with Crippen LogP contribution in [0.5, 0.6) is 0 Å². The number of carbonyl (C=O) groups is 1. The third-order valence-electron chi connectivity index (χ3n) is 4.14.